The van der Waals surface area contributed by atoms with E-state index in [-0.39, 0.29) is 6.61 Å². The molecule has 0 bridgehead atoms. The van der Waals surface area contributed by atoms with Crippen molar-refractivity contribution in [3.63, 3.8) is 0 Å². The van der Waals surface area contributed by atoms with E-state index in [1.165, 1.54) is 6.33 Å². The number of imidazole rings is 1. The molecular formula is C18H21N5O3. The van der Waals surface area contributed by atoms with E-state index in [1.807, 2.05) is 30.3 Å². The fourth-order valence-electron chi connectivity index (χ4n) is 3.37. The predicted octanol–water partition coefficient (Wildman–Crippen LogP) is 0.605. The van der Waals surface area contributed by atoms with Crippen LogP contribution < -0.4 is 4.90 Å². The van der Waals surface area contributed by atoms with Crippen LogP contribution in [0.25, 0.3) is 11.2 Å². The summed E-state index contributed by atoms with van der Waals surface area (Å²) >= 11 is 0. The first-order valence-electron chi connectivity index (χ1n) is 8.63. The van der Waals surface area contributed by atoms with Gasteiger partial charge in [-0.1, -0.05) is 30.3 Å². The summed E-state index contributed by atoms with van der Waals surface area (Å²) in [7, 11) is 0. The molecule has 1 aliphatic rings. The van der Waals surface area contributed by atoms with E-state index in [1.54, 1.807) is 10.9 Å². The number of benzene rings is 1. The lowest BCUT2D eigenvalue weighted by Crippen LogP contribution is -2.37. The third kappa shape index (κ3) is 3.03. The lowest BCUT2D eigenvalue weighted by atomic mass is 10.0. The van der Waals surface area contributed by atoms with Crippen molar-refractivity contribution in [3.8, 4) is 0 Å². The molecule has 2 N–H and O–H groups in total. The molecule has 2 atom stereocenters. The molecule has 0 amide bonds. The highest BCUT2D eigenvalue weighted by atomic mass is 16.5. The van der Waals surface area contributed by atoms with E-state index >= 15 is 0 Å². The minimum Gasteiger partial charge on any atom is -0.394 e. The summed E-state index contributed by atoms with van der Waals surface area (Å²) in [5.74, 6) is 0.766. The van der Waals surface area contributed by atoms with Crippen LogP contribution in [-0.4, -0.2) is 68.7 Å². The molecule has 3 heterocycles. The van der Waals surface area contributed by atoms with Crippen molar-refractivity contribution in [1.29, 1.82) is 0 Å². The van der Waals surface area contributed by atoms with Gasteiger partial charge >= 0.3 is 0 Å². The van der Waals surface area contributed by atoms with Crippen molar-refractivity contribution < 1.29 is 14.9 Å². The van der Waals surface area contributed by atoms with E-state index in [2.05, 4.69) is 19.9 Å². The van der Waals surface area contributed by atoms with Crippen molar-refractivity contribution in [1.82, 2.24) is 19.5 Å². The van der Waals surface area contributed by atoms with E-state index in [0.717, 1.165) is 24.5 Å². The zero-order chi connectivity index (χ0) is 17.9. The average Bonchev–Trinajstić information content (AvgIpc) is 3.13. The number of aliphatic hydroxyl groups excluding tert-OH is 2. The Hall–Kier alpha value is -2.55. The van der Waals surface area contributed by atoms with Crippen molar-refractivity contribution in [2.75, 3.05) is 37.8 Å². The molecule has 8 heteroatoms. The Morgan fingerprint density at radius 3 is 2.58 bits per heavy atom. The van der Waals surface area contributed by atoms with Crippen molar-refractivity contribution in [2.45, 2.75) is 12.1 Å². The number of hydrogen-bond donors (Lipinski definition) is 2. The van der Waals surface area contributed by atoms with Crippen LogP contribution in [0, 0.1) is 0 Å². The molecule has 0 saturated carbocycles. The van der Waals surface area contributed by atoms with Crippen LogP contribution in [0.15, 0.2) is 43.0 Å². The topological polar surface area (TPSA) is 96.5 Å². The Morgan fingerprint density at radius 1 is 1.08 bits per heavy atom. The van der Waals surface area contributed by atoms with Crippen LogP contribution in [0.5, 0.6) is 0 Å². The highest BCUT2D eigenvalue weighted by Gasteiger charge is 2.26. The number of rotatable bonds is 5. The third-order valence-corrected chi connectivity index (χ3v) is 4.64. The van der Waals surface area contributed by atoms with Crippen LogP contribution in [0.1, 0.15) is 11.6 Å². The Kier molecular flexibility index (Phi) is 4.79. The first kappa shape index (κ1) is 16.9. The van der Waals surface area contributed by atoms with Gasteiger partial charge < -0.3 is 24.4 Å². The van der Waals surface area contributed by atoms with Gasteiger partial charge in [0.15, 0.2) is 17.0 Å². The fourth-order valence-corrected chi connectivity index (χ4v) is 3.37. The van der Waals surface area contributed by atoms with Crippen LogP contribution in [-0.2, 0) is 4.74 Å². The van der Waals surface area contributed by atoms with Gasteiger partial charge in [0.2, 0.25) is 0 Å². The standard InChI is InChI=1S/C18H21N5O3/c24-10-14(25)16(13-4-2-1-3-5-13)23-12-21-15-17(19-11-20-18(15)23)22-6-8-26-9-7-22/h1-5,11-12,14,16,24-25H,6-10H2/t14-,16+/m1/s1. The smallest absolute Gasteiger partial charge is 0.166 e. The number of aromatic nitrogens is 4. The molecule has 0 spiro atoms. The quantitative estimate of drug-likeness (QED) is 0.692. The molecule has 1 saturated heterocycles. The molecule has 0 radical (unpaired) electrons. The summed E-state index contributed by atoms with van der Waals surface area (Å²) in [5, 5.41) is 20.0. The zero-order valence-electron chi connectivity index (χ0n) is 14.3. The highest BCUT2D eigenvalue weighted by molar-refractivity contribution is 5.83. The SMILES string of the molecule is OC[C@@H](O)[C@H](c1ccccc1)n1cnc2c(N3CCOCC3)ncnc21. The molecule has 2 aromatic heterocycles. The lowest BCUT2D eigenvalue weighted by Gasteiger charge is -2.28. The molecule has 0 unspecified atom stereocenters. The van der Waals surface area contributed by atoms with Crippen LogP contribution in [0.2, 0.25) is 0 Å². The molecule has 3 aromatic rings. The second-order valence-electron chi connectivity index (χ2n) is 6.23. The van der Waals surface area contributed by atoms with Gasteiger partial charge in [-0.3, -0.25) is 0 Å². The summed E-state index contributed by atoms with van der Waals surface area (Å²) in [5.41, 5.74) is 2.18. The molecule has 136 valence electrons. The Labute approximate surface area is 150 Å². The molecule has 4 rings (SSSR count). The van der Waals surface area contributed by atoms with Gasteiger partial charge in [-0.05, 0) is 5.56 Å². The van der Waals surface area contributed by atoms with Gasteiger partial charge in [-0.15, -0.1) is 0 Å². The second kappa shape index (κ2) is 7.36. The largest absolute Gasteiger partial charge is 0.394 e. The van der Waals surface area contributed by atoms with Gasteiger partial charge in [-0.25, -0.2) is 15.0 Å². The molecule has 0 aliphatic carbocycles. The highest BCUT2D eigenvalue weighted by Crippen LogP contribution is 2.29. The van der Waals surface area contributed by atoms with Gasteiger partial charge in [0.05, 0.1) is 32.2 Å². The van der Waals surface area contributed by atoms with Gasteiger partial charge in [0.1, 0.15) is 12.4 Å². The van der Waals surface area contributed by atoms with Crippen molar-refractivity contribution in [3.05, 3.63) is 48.5 Å². The predicted molar refractivity (Wildman–Crippen MR) is 96.0 cm³/mol. The molecule has 8 nitrogen and oxygen atoms in total. The number of aliphatic hydroxyl groups is 2. The van der Waals surface area contributed by atoms with E-state index < -0.39 is 12.1 Å². The van der Waals surface area contributed by atoms with E-state index in [9.17, 15) is 10.2 Å². The number of anilines is 1. The zero-order valence-corrected chi connectivity index (χ0v) is 14.3. The van der Waals surface area contributed by atoms with Crippen LogP contribution in [0.3, 0.4) is 0 Å². The minimum atomic E-state index is -0.975. The van der Waals surface area contributed by atoms with Gasteiger partial charge in [0.25, 0.3) is 0 Å². The Balaban J connectivity index is 1.80. The average molecular weight is 355 g/mol. The number of morpholine rings is 1. The summed E-state index contributed by atoms with van der Waals surface area (Å²) in [6, 6.07) is 9.06. The second-order valence-corrected chi connectivity index (χ2v) is 6.23. The van der Waals surface area contributed by atoms with Crippen LogP contribution >= 0.6 is 0 Å². The van der Waals surface area contributed by atoms with E-state index in [0.29, 0.717) is 24.4 Å². The molecular weight excluding hydrogens is 334 g/mol. The number of ether oxygens (including phenoxy) is 1. The van der Waals surface area contributed by atoms with E-state index in [4.69, 9.17) is 4.74 Å². The maximum absolute atomic E-state index is 10.5. The molecule has 26 heavy (non-hydrogen) atoms. The molecule has 1 aliphatic heterocycles. The fraction of sp³-hybridized carbons (Fsp3) is 0.389. The van der Waals surface area contributed by atoms with Gasteiger partial charge in [-0.2, -0.15) is 0 Å². The lowest BCUT2D eigenvalue weighted by molar-refractivity contribution is 0.0650. The maximum Gasteiger partial charge on any atom is 0.166 e. The maximum atomic E-state index is 10.5. The summed E-state index contributed by atoms with van der Waals surface area (Å²) in [6.45, 7) is 2.45. The monoisotopic (exact) mass is 355 g/mol. The number of fused-ring (bicyclic) bond motifs is 1. The normalized spacial score (nSPS) is 17.4. The van der Waals surface area contributed by atoms with Gasteiger partial charge in [0, 0.05) is 13.1 Å². The number of hydrogen-bond acceptors (Lipinski definition) is 7. The summed E-state index contributed by atoms with van der Waals surface area (Å²) < 4.78 is 7.21. The number of nitrogens with zero attached hydrogens (tertiary/aromatic N) is 5. The summed E-state index contributed by atoms with van der Waals surface area (Å²) in [6.07, 6.45) is 2.19. The Bertz CT molecular complexity index is 864. The summed E-state index contributed by atoms with van der Waals surface area (Å²) in [4.78, 5) is 15.5. The van der Waals surface area contributed by atoms with Crippen LogP contribution in [0.4, 0.5) is 5.82 Å². The first-order chi connectivity index (χ1) is 12.8. The first-order valence-corrected chi connectivity index (χ1v) is 8.63. The molecule has 1 fully saturated rings. The minimum absolute atomic E-state index is 0.360. The van der Waals surface area contributed by atoms with Crippen molar-refractivity contribution in [2.24, 2.45) is 0 Å². The van der Waals surface area contributed by atoms with Crippen molar-refractivity contribution >= 4 is 17.0 Å². The molecule has 1 aromatic carbocycles. The Morgan fingerprint density at radius 2 is 1.85 bits per heavy atom. The third-order valence-electron chi connectivity index (χ3n) is 4.64.